The number of urea groups is 1. The smallest absolute Gasteiger partial charge is 0.475 e. The highest BCUT2D eigenvalue weighted by molar-refractivity contribution is 6.02. The molecule has 0 aliphatic rings. The van der Waals surface area contributed by atoms with Gasteiger partial charge in [0.2, 0.25) is 0 Å². The molecule has 1 heterocycles. The maximum absolute atomic E-state index is 14.0. The molecule has 0 spiro atoms. The van der Waals surface area contributed by atoms with Crippen molar-refractivity contribution in [3.63, 3.8) is 0 Å². The van der Waals surface area contributed by atoms with Crippen LogP contribution in [-0.2, 0) is 4.79 Å². The normalized spacial score (nSPS) is 10.9. The molecule has 0 unspecified atom stereocenters. The van der Waals surface area contributed by atoms with Crippen molar-refractivity contribution in [1.29, 1.82) is 0 Å². The molecule has 9 nitrogen and oxygen atoms in total. The fraction of sp³-hybridized carbons (Fsp3) is 0.200. The van der Waals surface area contributed by atoms with Gasteiger partial charge in [-0.25, -0.2) is 14.0 Å². The lowest BCUT2D eigenvalue weighted by Gasteiger charge is -2.11. The summed E-state index contributed by atoms with van der Waals surface area (Å²) >= 11 is 0. The summed E-state index contributed by atoms with van der Waals surface area (Å²) < 4.78 is 45.8. The van der Waals surface area contributed by atoms with E-state index in [-0.39, 0.29) is 17.6 Å². The number of alkyl halides is 3. The third-order valence-electron chi connectivity index (χ3n) is 3.82. The minimum Gasteiger partial charge on any atom is -0.475 e. The van der Waals surface area contributed by atoms with E-state index in [1.165, 1.54) is 18.3 Å². The van der Waals surface area contributed by atoms with Crippen LogP contribution >= 0.6 is 0 Å². The number of carboxylic acids is 1. The van der Waals surface area contributed by atoms with E-state index in [0.717, 1.165) is 0 Å². The molecule has 3 amide bonds. The predicted octanol–water partition coefficient (Wildman–Crippen LogP) is 4.12. The summed E-state index contributed by atoms with van der Waals surface area (Å²) in [5.41, 5.74) is 1.41. The highest BCUT2D eigenvalue weighted by atomic mass is 19.4. The lowest BCUT2D eigenvalue weighted by Crippen LogP contribution is -2.30. The van der Waals surface area contributed by atoms with Crippen LogP contribution in [0.1, 0.15) is 24.2 Å². The van der Waals surface area contributed by atoms with Crippen LogP contribution in [-0.4, -0.2) is 45.4 Å². The second-order valence-electron chi connectivity index (χ2n) is 6.88. The molecule has 0 saturated carbocycles. The number of halogens is 4. The molecule has 0 fully saturated rings. The number of amides is 3. The van der Waals surface area contributed by atoms with Gasteiger partial charge in [0.25, 0.3) is 5.91 Å². The molecular weight excluding hydrogens is 450 g/mol. The number of fused-ring (bicyclic) bond motifs is 1. The minimum atomic E-state index is -5.08. The monoisotopic (exact) mass is 469 g/mol. The quantitative estimate of drug-likeness (QED) is 0.366. The standard InChI is InChI=1S/C18H18FN5O2.C2HF3O2/c1-10(2)21-17(25)11-4-3-5-13(6-11)22-18(26)23-16-7-12-9-20-24-15(12)8-14(16)19;3-2(4,5)1(6)7/h3-10H,1-2H3,(H,20,24)(H,21,25)(H2,22,23,26);(H,6,7). The van der Waals surface area contributed by atoms with Crippen molar-refractivity contribution in [2.45, 2.75) is 26.1 Å². The third-order valence-corrected chi connectivity index (χ3v) is 3.82. The lowest BCUT2D eigenvalue weighted by atomic mass is 10.2. The topological polar surface area (TPSA) is 136 Å². The number of anilines is 2. The number of nitrogens with zero attached hydrogens (tertiary/aromatic N) is 1. The number of hydrogen-bond acceptors (Lipinski definition) is 4. The van der Waals surface area contributed by atoms with Gasteiger partial charge in [-0.05, 0) is 38.1 Å². The Labute approximate surface area is 184 Å². The van der Waals surface area contributed by atoms with Crippen LogP contribution in [0.4, 0.5) is 33.7 Å². The van der Waals surface area contributed by atoms with Gasteiger partial charge in [0, 0.05) is 28.7 Å². The summed E-state index contributed by atoms with van der Waals surface area (Å²) in [7, 11) is 0. The molecule has 0 aliphatic heterocycles. The maximum Gasteiger partial charge on any atom is 0.490 e. The Balaban J connectivity index is 0.000000479. The first-order chi connectivity index (χ1) is 15.4. The molecule has 33 heavy (non-hydrogen) atoms. The predicted molar refractivity (Wildman–Crippen MR) is 111 cm³/mol. The Kier molecular flexibility index (Phi) is 7.94. The Morgan fingerprint density at radius 1 is 1.09 bits per heavy atom. The lowest BCUT2D eigenvalue weighted by molar-refractivity contribution is -0.192. The van der Waals surface area contributed by atoms with Crippen LogP contribution in [0.25, 0.3) is 10.9 Å². The van der Waals surface area contributed by atoms with Gasteiger partial charge in [0.15, 0.2) is 0 Å². The average Bonchev–Trinajstić information content (AvgIpc) is 3.14. The summed E-state index contributed by atoms with van der Waals surface area (Å²) in [6, 6.07) is 8.62. The van der Waals surface area contributed by atoms with E-state index in [1.807, 2.05) is 13.8 Å². The van der Waals surface area contributed by atoms with Gasteiger partial charge in [-0.15, -0.1) is 0 Å². The van der Waals surface area contributed by atoms with E-state index >= 15 is 0 Å². The van der Waals surface area contributed by atoms with E-state index in [1.54, 1.807) is 24.3 Å². The molecule has 0 bridgehead atoms. The van der Waals surface area contributed by atoms with Crippen molar-refractivity contribution >= 4 is 40.2 Å². The van der Waals surface area contributed by atoms with Crippen molar-refractivity contribution in [2.24, 2.45) is 0 Å². The van der Waals surface area contributed by atoms with Gasteiger partial charge < -0.3 is 21.1 Å². The van der Waals surface area contributed by atoms with Gasteiger partial charge >= 0.3 is 18.2 Å². The summed E-state index contributed by atoms with van der Waals surface area (Å²) in [4.78, 5) is 33.1. The number of aromatic amines is 1. The Bertz CT molecular complexity index is 1160. The molecule has 3 aromatic rings. The number of benzene rings is 2. The highest BCUT2D eigenvalue weighted by Crippen LogP contribution is 2.21. The van der Waals surface area contributed by atoms with Crippen molar-refractivity contribution in [2.75, 3.05) is 10.6 Å². The molecule has 0 atom stereocenters. The highest BCUT2D eigenvalue weighted by Gasteiger charge is 2.38. The molecule has 13 heteroatoms. The number of hydrogen-bond donors (Lipinski definition) is 5. The van der Waals surface area contributed by atoms with Crippen LogP contribution in [0, 0.1) is 5.82 Å². The number of carbonyl (C=O) groups is 3. The third kappa shape index (κ3) is 7.48. The van der Waals surface area contributed by atoms with Crippen LogP contribution in [0.3, 0.4) is 0 Å². The van der Waals surface area contributed by atoms with Crippen molar-refractivity contribution in [3.05, 3.63) is 54.0 Å². The van der Waals surface area contributed by atoms with Gasteiger partial charge in [0.1, 0.15) is 5.82 Å². The Hall–Kier alpha value is -4.16. The summed E-state index contributed by atoms with van der Waals surface area (Å²) in [6.07, 6.45) is -3.55. The number of aliphatic carboxylic acids is 1. The van der Waals surface area contributed by atoms with Gasteiger partial charge in [-0.3, -0.25) is 9.89 Å². The zero-order chi connectivity index (χ0) is 24.8. The van der Waals surface area contributed by atoms with Gasteiger partial charge in [-0.1, -0.05) is 6.07 Å². The van der Waals surface area contributed by atoms with Crippen LogP contribution < -0.4 is 16.0 Å². The number of carbonyl (C=O) groups excluding carboxylic acids is 2. The first-order valence-electron chi connectivity index (χ1n) is 9.28. The van der Waals surface area contributed by atoms with Crippen molar-refractivity contribution in [3.8, 4) is 0 Å². The van der Waals surface area contributed by atoms with Gasteiger partial charge in [-0.2, -0.15) is 18.3 Å². The number of aromatic nitrogens is 2. The number of nitrogens with one attached hydrogen (secondary N) is 4. The molecule has 0 saturated heterocycles. The molecule has 2 aromatic carbocycles. The zero-order valence-corrected chi connectivity index (χ0v) is 17.2. The second-order valence-corrected chi connectivity index (χ2v) is 6.88. The Morgan fingerprint density at radius 3 is 2.36 bits per heavy atom. The van der Waals surface area contributed by atoms with E-state index in [9.17, 15) is 27.2 Å². The van der Waals surface area contributed by atoms with E-state index in [4.69, 9.17) is 9.90 Å². The molecule has 3 rings (SSSR count). The summed E-state index contributed by atoms with van der Waals surface area (Å²) in [6.45, 7) is 3.72. The largest absolute Gasteiger partial charge is 0.490 e. The molecule has 1 aromatic heterocycles. The first kappa shape index (κ1) is 25.1. The molecular formula is C20H19F4N5O4. The van der Waals surface area contributed by atoms with E-state index in [0.29, 0.717) is 22.2 Å². The fourth-order valence-electron chi connectivity index (χ4n) is 2.43. The number of carboxylic acid groups (broad SMARTS) is 1. The summed E-state index contributed by atoms with van der Waals surface area (Å²) in [5.74, 6) is -3.57. The molecule has 0 aliphatic carbocycles. The molecule has 5 N–H and O–H groups in total. The average molecular weight is 469 g/mol. The van der Waals surface area contributed by atoms with Crippen LogP contribution in [0.2, 0.25) is 0 Å². The minimum absolute atomic E-state index is 0.00299. The maximum atomic E-state index is 14.0. The SMILES string of the molecule is CC(C)NC(=O)c1cccc(NC(=O)Nc2cc3cn[nH]c3cc2F)c1.O=C(O)C(F)(F)F. The van der Waals surface area contributed by atoms with Crippen molar-refractivity contribution < 1.29 is 37.1 Å². The van der Waals surface area contributed by atoms with E-state index < -0.39 is 24.0 Å². The van der Waals surface area contributed by atoms with Crippen molar-refractivity contribution in [1.82, 2.24) is 15.5 Å². The van der Waals surface area contributed by atoms with E-state index in [2.05, 4.69) is 26.1 Å². The Morgan fingerprint density at radius 2 is 1.76 bits per heavy atom. The molecule has 0 radical (unpaired) electrons. The number of H-pyrrole nitrogens is 1. The van der Waals surface area contributed by atoms with Crippen LogP contribution in [0.15, 0.2) is 42.6 Å². The van der Waals surface area contributed by atoms with Gasteiger partial charge in [0.05, 0.1) is 17.4 Å². The fourth-order valence-corrected chi connectivity index (χ4v) is 2.43. The zero-order valence-electron chi connectivity index (χ0n) is 17.2. The number of rotatable bonds is 4. The first-order valence-corrected chi connectivity index (χ1v) is 9.28. The second kappa shape index (κ2) is 10.4. The summed E-state index contributed by atoms with van der Waals surface area (Å²) in [5, 5.41) is 22.1. The van der Waals surface area contributed by atoms with Crippen LogP contribution in [0.5, 0.6) is 0 Å². The molecule has 176 valence electrons.